The van der Waals surface area contributed by atoms with Gasteiger partial charge in [0.1, 0.15) is 0 Å². The number of pyridine rings is 1. The summed E-state index contributed by atoms with van der Waals surface area (Å²) in [6.45, 7) is 7.49. The first-order chi connectivity index (χ1) is 15.5. The van der Waals surface area contributed by atoms with Crippen molar-refractivity contribution >= 4 is 34.1 Å². The van der Waals surface area contributed by atoms with Crippen LogP contribution in [-0.2, 0) is 11.2 Å². The zero-order chi connectivity index (χ0) is 22.7. The summed E-state index contributed by atoms with van der Waals surface area (Å²) in [5, 5.41) is 1.63. The number of amides is 1. The number of carbonyl (C=O) groups excluding carboxylic acids is 1. The molecule has 0 aliphatic carbocycles. The number of nitrogens with one attached hydrogen (secondary N) is 1. The minimum Gasteiger partial charge on any atom is -0.343 e. The summed E-state index contributed by atoms with van der Waals surface area (Å²) in [4.78, 5) is 19.1. The maximum absolute atomic E-state index is 12.8. The van der Waals surface area contributed by atoms with Gasteiger partial charge in [-0.25, -0.2) is 0 Å². The van der Waals surface area contributed by atoms with E-state index in [1.54, 1.807) is 6.20 Å². The van der Waals surface area contributed by atoms with Gasteiger partial charge in [-0.2, -0.15) is 0 Å². The third kappa shape index (κ3) is 4.34. The highest BCUT2D eigenvalue weighted by atomic mass is 35.5. The monoisotopic (exact) mass is 446 g/mol. The Balaban J connectivity index is 1.79. The summed E-state index contributed by atoms with van der Waals surface area (Å²) in [7, 11) is 0. The van der Waals surface area contributed by atoms with Gasteiger partial charge in [0.15, 0.2) is 0 Å². The van der Waals surface area contributed by atoms with Crippen molar-refractivity contribution < 1.29 is 4.79 Å². The van der Waals surface area contributed by atoms with Gasteiger partial charge in [0.25, 0.3) is 0 Å². The number of carbonyl (C=O) groups is 1. The smallest absolute Gasteiger partial charge is 0.227 e. The minimum atomic E-state index is 0.138. The Bertz CT molecular complexity index is 1250. The van der Waals surface area contributed by atoms with Crippen LogP contribution in [0.15, 0.2) is 66.9 Å². The number of aromatic nitrogens is 2. The standard InChI is InChI=1S/C26H27ClN4O/c1-4-30(5-2)26(32)16-20-15-25(19-9-7-6-8-10-19)31(18(20)3)29-23-13-14-28-24-17-21(27)11-12-22(23)24/h6-15,17H,4-5,16H2,1-3H3,(H,28,29). The van der Waals surface area contributed by atoms with E-state index in [9.17, 15) is 4.79 Å². The van der Waals surface area contributed by atoms with Gasteiger partial charge < -0.3 is 4.90 Å². The fourth-order valence-electron chi connectivity index (χ4n) is 3.99. The molecule has 32 heavy (non-hydrogen) atoms. The zero-order valence-electron chi connectivity index (χ0n) is 18.6. The summed E-state index contributed by atoms with van der Waals surface area (Å²) in [6, 6.07) is 20.0. The minimum absolute atomic E-state index is 0.138. The highest BCUT2D eigenvalue weighted by Gasteiger charge is 2.19. The van der Waals surface area contributed by atoms with Crippen LogP contribution in [-0.4, -0.2) is 33.6 Å². The quantitative estimate of drug-likeness (QED) is 0.381. The zero-order valence-corrected chi connectivity index (χ0v) is 19.4. The van der Waals surface area contributed by atoms with E-state index in [0.717, 1.165) is 39.1 Å². The molecule has 0 saturated carbocycles. The molecule has 0 aliphatic heterocycles. The molecule has 0 bridgehead atoms. The van der Waals surface area contributed by atoms with Crippen LogP contribution < -0.4 is 5.43 Å². The van der Waals surface area contributed by atoms with Gasteiger partial charge in [-0.1, -0.05) is 41.9 Å². The molecule has 0 fully saturated rings. The number of anilines is 1. The van der Waals surface area contributed by atoms with E-state index in [2.05, 4.69) is 33.3 Å². The number of rotatable bonds is 7. The largest absolute Gasteiger partial charge is 0.343 e. The molecule has 0 atom stereocenters. The maximum Gasteiger partial charge on any atom is 0.227 e. The molecule has 4 rings (SSSR count). The molecule has 2 heterocycles. The van der Waals surface area contributed by atoms with Crippen molar-refractivity contribution in [2.45, 2.75) is 27.2 Å². The average molecular weight is 447 g/mol. The van der Waals surface area contributed by atoms with E-state index in [1.807, 2.05) is 68.1 Å². The van der Waals surface area contributed by atoms with Crippen molar-refractivity contribution in [1.29, 1.82) is 0 Å². The number of benzene rings is 2. The SMILES string of the molecule is CCN(CC)C(=O)Cc1cc(-c2ccccc2)n(Nc2ccnc3cc(Cl)ccc23)c1C. The third-order valence-corrected chi connectivity index (χ3v) is 6.05. The van der Waals surface area contributed by atoms with Gasteiger partial charge >= 0.3 is 0 Å². The van der Waals surface area contributed by atoms with E-state index in [1.165, 1.54) is 0 Å². The van der Waals surface area contributed by atoms with Crippen molar-refractivity contribution in [3.63, 3.8) is 0 Å². The van der Waals surface area contributed by atoms with E-state index >= 15 is 0 Å². The van der Waals surface area contributed by atoms with Crippen molar-refractivity contribution in [2.75, 3.05) is 18.5 Å². The fourth-order valence-corrected chi connectivity index (χ4v) is 4.16. The lowest BCUT2D eigenvalue weighted by molar-refractivity contribution is -0.130. The number of fused-ring (bicyclic) bond motifs is 1. The lowest BCUT2D eigenvalue weighted by Crippen LogP contribution is -2.31. The normalized spacial score (nSPS) is 11.0. The van der Waals surface area contributed by atoms with Crippen LogP contribution in [0.25, 0.3) is 22.2 Å². The fraction of sp³-hybridized carbons (Fsp3) is 0.231. The predicted molar refractivity (Wildman–Crippen MR) is 132 cm³/mol. The second-order valence-corrected chi connectivity index (χ2v) is 8.15. The van der Waals surface area contributed by atoms with Crippen LogP contribution in [0, 0.1) is 6.92 Å². The molecular formula is C26H27ClN4O. The molecular weight excluding hydrogens is 420 g/mol. The van der Waals surface area contributed by atoms with Gasteiger partial charge in [0, 0.05) is 41.0 Å². The van der Waals surface area contributed by atoms with Crippen molar-refractivity contribution in [3.8, 4) is 11.3 Å². The molecule has 6 heteroatoms. The third-order valence-electron chi connectivity index (χ3n) is 5.82. The molecule has 0 aliphatic rings. The van der Waals surface area contributed by atoms with Crippen molar-refractivity contribution in [1.82, 2.24) is 14.6 Å². The molecule has 0 unspecified atom stereocenters. The van der Waals surface area contributed by atoms with E-state index in [0.29, 0.717) is 24.5 Å². The maximum atomic E-state index is 12.8. The number of halogens is 1. The lowest BCUT2D eigenvalue weighted by Gasteiger charge is -2.19. The molecule has 1 N–H and O–H groups in total. The van der Waals surface area contributed by atoms with Gasteiger partial charge in [-0.05, 0) is 56.7 Å². The summed E-state index contributed by atoms with van der Waals surface area (Å²) in [6.07, 6.45) is 2.14. The second kappa shape index (κ2) is 9.45. The molecule has 164 valence electrons. The number of hydrogen-bond acceptors (Lipinski definition) is 3. The topological polar surface area (TPSA) is 50.2 Å². The van der Waals surface area contributed by atoms with Crippen LogP contribution in [0.5, 0.6) is 0 Å². The van der Waals surface area contributed by atoms with Crippen molar-refractivity contribution in [3.05, 3.63) is 83.1 Å². The Morgan fingerprint density at radius 1 is 1.06 bits per heavy atom. The summed E-state index contributed by atoms with van der Waals surface area (Å²) >= 11 is 6.16. The van der Waals surface area contributed by atoms with E-state index in [-0.39, 0.29) is 5.91 Å². The summed E-state index contributed by atoms with van der Waals surface area (Å²) < 4.78 is 2.06. The van der Waals surface area contributed by atoms with Crippen LogP contribution in [0.4, 0.5) is 5.69 Å². The van der Waals surface area contributed by atoms with Crippen LogP contribution in [0.2, 0.25) is 5.02 Å². The van der Waals surface area contributed by atoms with Gasteiger partial charge in [-0.15, -0.1) is 0 Å². The Morgan fingerprint density at radius 3 is 2.53 bits per heavy atom. The Kier molecular flexibility index (Phi) is 6.47. The molecule has 5 nitrogen and oxygen atoms in total. The molecule has 0 radical (unpaired) electrons. The van der Waals surface area contributed by atoms with Crippen molar-refractivity contribution in [2.24, 2.45) is 0 Å². The first-order valence-corrected chi connectivity index (χ1v) is 11.2. The van der Waals surface area contributed by atoms with Gasteiger partial charge in [0.05, 0.1) is 23.3 Å². The van der Waals surface area contributed by atoms with E-state index in [4.69, 9.17) is 11.6 Å². The highest BCUT2D eigenvalue weighted by molar-refractivity contribution is 6.31. The Labute approximate surface area is 193 Å². The van der Waals surface area contributed by atoms with E-state index < -0.39 is 0 Å². The Morgan fingerprint density at radius 2 is 1.81 bits per heavy atom. The number of likely N-dealkylation sites (N-methyl/N-ethyl adjacent to an activating group) is 1. The molecule has 0 spiro atoms. The van der Waals surface area contributed by atoms with Crippen LogP contribution >= 0.6 is 11.6 Å². The molecule has 2 aromatic heterocycles. The predicted octanol–water partition coefficient (Wildman–Crippen LogP) is 5.95. The summed E-state index contributed by atoms with van der Waals surface area (Å²) in [5.74, 6) is 0.138. The molecule has 0 saturated heterocycles. The highest BCUT2D eigenvalue weighted by Crippen LogP contribution is 2.29. The average Bonchev–Trinajstić information content (AvgIpc) is 3.10. The first-order valence-electron chi connectivity index (χ1n) is 10.9. The Hall–Kier alpha value is -3.31. The number of nitrogens with zero attached hydrogens (tertiary/aromatic N) is 3. The number of hydrogen-bond donors (Lipinski definition) is 1. The first kappa shape index (κ1) is 21.9. The molecule has 2 aromatic carbocycles. The molecule has 4 aromatic rings. The molecule has 1 amide bonds. The van der Waals surface area contributed by atoms with Gasteiger partial charge in [-0.3, -0.25) is 19.9 Å². The lowest BCUT2D eigenvalue weighted by atomic mass is 10.1. The van der Waals surface area contributed by atoms with Crippen LogP contribution in [0.1, 0.15) is 25.1 Å². The second-order valence-electron chi connectivity index (χ2n) is 7.72. The van der Waals surface area contributed by atoms with Crippen LogP contribution in [0.3, 0.4) is 0 Å². The summed E-state index contributed by atoms with van der Waals surface area (Å²) in [5.41, 5.74) is 9.40. The van der Waals surface area contributed by atoms with Gasteiger partial charge in [0.2, 0.25) is 5.91 Å².